The monoisotopic (exact) mass is 489 g/mol. The molecule has 0 atom stereocenters. The molecule has 0 saturated heterocycles. The van der Waals surface area contributed by atoms with Crippen LogP contribution in [0, 0.1) is 5.41 Å². The van der Waals surface area contributed by atoms with Gasteiger partial charge in [0.1, 0.15) is 17.0 Å². The first-order chi connectivity index (χ1) is 16.4. The number of benzene rings is 2. The van der Waals surface area contributed by atoms with Gasteiger partial charge >= 0.3 is 0 Å². The van der Waals surface area contributed by atoms with Gasteiger partial charge in [-0.3, -0.25) is 0 Å². The number of aryl methyl sites for hydroxylation is 1. The van der Waals surface area contributed by atoms with Crippen LogP contribution in [0.2, 0.25) is 0 Å². The highest BCUT2D eigenvalue weighted by Crippen LogP contribution is 2.49. The van der Waals surface area contributed by atoms with Crippen LogP contribution in [-0.2, 0) is 6.54 Å². The van der Waals surface area contributed by atoms with E-state index in [1.54, 1.807) is 7.11 Å². The molecule has 3 aromatic rings. The van der Waals surface area contributed by atoms with E-state index >= 15 is 0 Å². The maximum absolute atomic E-state index is 5.48. The first-order valence-corrected chi connectivity index (χ1v) is 13.7. The minimum atomic E-state index is 0.233. The van der Waals surface area contributed by atoms with Crippen LogP contribution in [0.15, 0.2) is 75.7 Å². The van der Waals surface area contributed by atoms with Crippen LogP contribution in [0.25, 0.3) is 16.3 Å². The molecule has 2 heterocycles. The Hall–Kier alpha value is -2.50. The summed E-state index contributed by atoms with van der Waals surface area (Å²) in [6, 6.07) is 15.1. The molecule has 0 fully saturated rings. The molecule has 1 aliphatic carbocycles. The van der Waals surface area contributed by atoms with Crippen molar-refractivity contribution in [3.05, 3.63) is 75.8 Å². The first kappa shape index (κ1) is 23.3. The van der Waals surface area contributed by atoms with E-state index in [2.05, 4.69) is 97.9 Å². The number of thioether (sulfide) groups is 1. The SMILES string of the molecule is CCN1/C(=C/C2=CC(=C/c3sc4ccccc4[n+]3CC)/CC(C)(C)C2)Sc2ccc(OC)cc21. The standard InChI is InChI=1S/C29H33N2OS2/c1-6-30-23-10-8-9-11-25(23)33-27(30)15-20-14-21(19-29(3,4)18-20)16-28-31(7-2)24-17-22(32-5)12-13-26(24)34-28/h8-17H,6-7,18-19H2,1-5H3/q+1. The molecule has 3 nitrogen and oxygen atoms in total. The molecule has 176 valence electrons. The number of nitrogens with zero attached hydrogens (tertiary/aromatic N) is 2. The van der Waals surface area contributed by atoms with Gasteiger partial charge in [-0.15, -0.1) is 0 Å². The molecule has 0 unspecified atom stereocenters. The number of methoxy groups -OCH3 is 1. The number of anilines is 1. The van der Waals surface area contributed by atoms with Crippen LogP contribution < -0.4 is 14.2 Å². The zero-order chi connectivity index (χ0) is 23.9. The second-order valence-corrected chi connectivity index (χ2v) is 11.9. The molecule has 0 amide bonds. The van der Waals surface area contributed by atoms with E-state index < -0.39 is 0 Å². The molecule has 1 aromatic heterocycles. The molecule has 0 bridgehead atoms. The van der Waals surface area contributed by atoms with Gasteiger partial charge in [0.2, 0.25) is 5.52 Å². The molecule has 0 radical (unpaired) electrons. The fourth-order valence-corrected chi connectivity index (χ4v) is 7.52. The summed E-state index contributed by atoms with van der Waals surface area (Å²) in [5.41, 5.74) is 5.64. The Kier molecular flexibility index (Phi) is 6.34. The fourth-order valence-electron chi connectivity index (χ4n) is 5.14. The van der Waals surface area contributed by atoms with Gasteiger partial charge in [-0.25, -0.2) is 0 Å². The van der Waals surface area contributed by atoms with Crippen molar-refractivity contribution in [1.82, 2.24) is 0 Å². The summed E-state index contributed by atoms with van der Waals surface area (Å²) < 4.78 is 9.28. The topological polar surface area (TPSA) is 16.4 Å². The molecule has 0 N–H and O–H groups in total. The molecular formula is C29H33N2OS2+. The highest BCUT2D eigenvalue weighted by Gasteiger charge is 2.29. The van der Waals surface area contributed by atoms with Gasteiger partial charge in [-0.1, -0.05) is 55.2 Å². The molecule has 2 aliphatic rings. The normalized spacial score (nSPS) is 19.7. The van der Waals surface area contributed by atoms with Gasteiger partial charge in [0.25, 0.3) is 5.01 Å². The lowest BCUT2D eigenvalue weighted by molar-refractivity contribution is -0.665. The summed E-state index contributed by atoms with van der Waals surface area (Å²) in [6.07, 6.45) is 9.45. The lowest BCUT2D eigenvalue weighted by atomic mass is 9.75. The van der Waals surface area contributed by atoms with Crippen molar-refractivity contribution in [3.8, 4) is 5.75 Å². The number of para-hydroxylation sites is 1. The van der Waals surface area contributed by atoms with Gasteiger partial charge in [0.05, 0.1) is 17.8 Å². The molecule has 5 rings (SSSR count). The quantitative estimate of drug-likeness (QED) is 0.340. The first-order valence-electron chi connectivity index (χ1n) is 12.1. The van der Waals surface area contributed by atoms with Crippen LogP contribution >= 0.6 is 23.1 Å². The summed E-state index contributed by atoms with van der Waals surface area (Å²) in [5.74, 6) is 0.912. The van der Waals surface area contributed by atoms with Crippen molar-refractivity contribution < 1.29 is 9.30 Å². The lowest BCUT2D eigenvalue weighted by Crippen LogP contribution is -2.33. The maximum Gasteiger partial charge on any atom is 0.263 e. The number of rotatable bonds is 5. The number of fused-ring (bicyclic) bond motifs is 2. The second kappa shape index (κ2) is 9.27. The van der Waals surface area contributed by atoms with Crippen molar-refractivity contribution in [3.63, 3.8) is 0 Å². The minimum Gasteiger partial charge on any atom is -0.497 e. The number of aromatic nitrogens is 1. The van der Waals surface area contributed by atoms with E-state index in [9.17, 15) is 0 Å². The summed E-state index contributed by atoms with van der Waals surface area (Å²) in [5, 5.41) is 2.64. The summed E-state index contributed by atoms with van der Waals surface area (Å²) in [7, 11) is 1.73. The molecular weight excluding hydrogens is 456 g/mol. The van der Waals surface area contributed by atoms with Crippen molar-refractivity contribution in [2.45, 2.75) is 52.0 Å². The Morgan fingerprint density at radius 1 is 1.09 bits per heavy atom. The van der Waals surface area contributed by atoms with Crippen molar-refractivity contribution in [2.75, 3.05) is 18.6 Å². The Bertz CT molecular complexity index is 1330. The highest BCUT2D eigenvalue weighted by atomic mass is 32.2. The van der Waals surface area contributed by atoms with Crippen LogP contribution in [0.4, 0.5) is 5.69 Å². The average Bonchev–Trinajstić information content (AvgIpc) is 3.33. The largest absolute Gasteiger partial charge is 0.497 e. The molecule has 0 spiro atoms. The van der Waals surface area contributed by atoms with Crippen LogP contribution in [0.5, 0.6) is 5.75 Å². The lowest BCUT2D eigenvalue weighted by Gasteiger charge is -2.31. The smallest absolute Gasteiger partial charge is 0.263 e. The van der Waals surface area contributed by atoms with Crippen LogP contribution in [0.1, 0.15) is 45.5 Å². The Balaban J connectivity index is 1.52. The molecule has 0 saturated carbocycles. The second-order valence-electron chi connectivity index (χ2n) is 9.77. The summed E-state index contributed by atoms with van der Waals surface area (Å²) in [6.45, 7) is 11.2. The number of ether oxygens (including phenoxy) is 1. The Morgan fingerprint density at radius 3 is 2.68 bits per heavy atom. The molecule has 1 aliphatic heterocycles. The van der Waals surface area contributed by atoms with Gasteiger partial charge in [0.15, 0.2) is 0 Å². The third kappa shape index (κ3) is 4.44. The van der Waals surface area contributed by atoms with E-state index in [1.807, 2.05) is 23.1 Å². The van der Waals surface area contributed by atoms with Crippen molar-refractivity contribution in [1.29, 1.82) is 0 Å². The zero-order valence-corrected chi connectivity index (χ0v) is 22.4. The number of hydrogen-bond donors (Lipinski definition) is 0. The summed E-state index contributed by atoms with van der Waals surface area (Å²) in [4.78, 5) is 3.71. The number of allylic oxidation sites excluding steroid dienone is 4. The third-order valence-corrected chi connectivity index (χ3v) is 8.79. The van der Waals surface area contributed by atoms with Crippen molar-refractivity contribution in [2.24, 2.45) is 5.41 Å². The molecule has 34 heavy (non-hydrogen) atoms. The van der Waals surface area contributed by atoms with Crippen LogP contribution in [0.3, 0.4) is 0 Å². The van der Waals surface area contributed by atoms with E-state index in [1.165, 1.54) is 42.0 Å². The van der Waals surface area contributed by atoms with Gasteiger partial charge in [0, 0.05) is 29.6 Å². The maximum atomic E-state index is 5.48. The summed E-state index contributed by atoms with van der Waals surface area (Å²) >= 11 is 3.76. The van der Waals surface area contributed by atoms with Gasteiger partial charge < -0.3 is 9.64 Å². The van der Waals surface area contributed by atoms with E-state index in [0.717, 1.165) is 31.7 Å². The van der Waals surface area contributed by atoms with Gasteiger partial charge in [-0.05, 0) is 67.5 Å². The predicted octanol–water partition coefficient (Wildman–Crippen LogP) is 7.82. The van der Waals surface area contributed by atoms with E-state index in [0.29, 0.717) is 0 Å². The minimum absolute atomic E-state index is 0.233. The predicted molar refractivity (Wildman–Crippen MR) is 147 cm³/mol. The zero-order valence-electron chi connectivity index (χ0n) is 20.7. The molecule has 2 aromatic carbocycles. The number of hydrogen-bond acceptors (Lipinski definition) is 4. The van der Waals surface area contributed by atoms with Crippen molar-refractivity contribution >= 4 is 45.1 Å². The fraction of sp³-hybridized carbons (Fsp3) is 0.345. The van der Waals surface area contributed by atoms with Gasteiger partial charge in [-0.2, -0.15) is 4.57 Å². The average molecular weight is 490 g/mol. The highest BCUT2D eigenvalue weighted by molar-refractivity contribution is 8.03. The molecule has 5 heteroatoms. The van der Waals surface area contributed by atoms with E-state index in [-0.39, 0.29) is 5.41 Å². The number of thiazole rings is 1. The third-order valence-electron chi connectivity index (χ3n) is 6.56. The van der Waals surface area contributed by atoms with E-state index in [4.69, 9.17) is 4.74 Å². The Morgan fingerprint density at radius 2 is 1.91 bits per heavy atom. The Labute approximate surface area is 211 Å². The van der Waals surface area contributed by atoms with Crippen LogP contribution in [-0.4, -0.2) is 13.7 Å².